The standard InChI is InChI=1S/C18H37NO/c1-2-3-4-5-6-7-10-13-16-19-17-18(20)14-11-8-9-12-15-18/h19-20H,2-17H2,1H3. The fourth-order valence-corrected chi connectivity index (χ4v) is 3.27. The first-order chi connectivity index (χ1) is 9.77. The van der Waals surface area contributed by atoms with Gasteiger partial charge in [-0.2, -0.15) is 0 Å². The highest BCUT2D eigenvalue weighted by atomic mass is 16.3. The molecule has 0 radical (unpaired) electrons. The van der Waals surface area contributed by atoms with Gasteiger partial charge in [0.1, 0.15) is 0 Å². The van der Waals surface area contributed by atoms with Gasteiger partial charge in [0.2, 0.25) is 0 Å². The van der Waals surface area contributed by atoms with Gasteiger partial charge in [0.25, 0.3) is 0 Å². The van der Waals surface area contributed by atoms with Crippen LogP contribution in [0.2, 0.25) is 0 Å². The highest BCUT2D eigenvalue weighted by Crippen LogP contribution is 2.26. The summed E-state index contributed by atoms with van der Waals surface area (Å²) in [6.07, 6.45) is 18.0. The average Bonchev–Trinajstić information content (AvgIpc) is 2.66. The number of hydrogen-bond acceptors (Lipinski definition) is 2. The van der Waals surface area contributed by atoms with Gasteiger partial charge >= 0.3 is 0 Å². The molecule has 120 valence electrons. The molecule has 0 aromatic heterocycles. The highest BCUT2D eigenvalue weighted by Gasteiger charge is 2.26. The highest BCUT2D eigenvalue weighted by molar-refractivity contribution is 4.83. The molecule has 0 saturated heterocycles. The Kier molecular flexibility index (Phi) is 10.4. The van der Waals surface area contributed by atoms with E-state index in [1.807, 2.05) is 0 Å². The molecule has 2 N–H and O–H groups in total. The van der Waals surface area contributed by atoms with Crippen LogP contribution < -0.4 is 5.32 Å². The minimum atomic E-state index is -0.406. The number of unbranched alkanes of at least 4 members (excludes halogenated alkanes) is 7. The van der Waals surface area contributed by atoms with Crippen LogP contribution in [0.4, 0.5) is 0 Å². The normalized spacial score (nSPS) is 18.9. The molecule has 0 amide bonds. The van der Waals surface area contributed by atoms with E-state index < -0.39 is 5.60 Å². The van der Waals surface area contributed by atoms with Crippen LogP contribution in [0.5, 0.6) is 0 Å². The molecule has 0 aromatic rings. The van der Waals surface area contributed by atoms with Crippen LogP contribution in [0.3, 0.4) is 0 Å². The second-order valence-corrected chi connectivity index (χ2v) is 6.79. The molecule has 1 fully saturated rings. The van der Waals surface area contributed by atoms with Gasteiger partial charge in [-0.15, -0.1) is 0 Å². The van der Waals surface area contributed by atoms with Crippen molar-refractivity contribution >= 4 is 0 Å². The van der Waals surface area contributed by atoms with Gasteiger partial charge in [0.15, 0.2) is 0 Å². The summed E-state index contributed by atoms with van der Waals surface area (Å²) in [6, 6.07) is 0. The summed E-state index contributed by atoms with van der Waals surface area (Å²) in [5.74, 6) is 0. The van der Waals surface area contributed by atoms with Crippen LogP contribution in [-0.4, -0.2) is 23.8 Å². The van der Waals surface area contributed by atoms with Gasteiger partial charge in [0, 0.05) is 6.54 Å². The Bertz CT molecular complexity index is 209. The van der Waals surface area contributed by atoms with E-state index in [0.717, 1.165) is 25.9 Å². The summed E-state index contributed by atoms with van der Waals surface area (Å²) in [5.41, 5.74) is -0.406. The fourth-order valence-electron chi connectivity index (χ4n) is 3.27. The van der Waals surface area contributed by atoms with Crippen molar-refractivity contribution in [1.29, 1.82) is 0 Å². The zero-order valence-corrected chi connectivity index (χ0v) is 13.8. The summed E-state index contributed by atoms with van der Waals surface area (Å²) in [4.78, 5) is 0. The van der Waals surface area contributed by atoms with Gasteiger partial charge in [-0.05, 0) is 25.8 Å². The molecule has 0 aromatic carbocycles. The van der Waals surface area contributed by atoms with Crippen LogP contribution in [0.15, 0.2) is 0 Å². The summed E-state index contributed by atoms with van der Waals surface area (Å²) >= 11 is 0. The van der Waals surface area contributed by atoms with Crippen molar-refractivity contribution in [2.45, 2.75) is 102 Å². The minimum Gasteiger partial charge on any atom is -0.389 e. The molecule has 0 spiro atoms. The quantitative estimate of drug-likeness (QED) is 0.421. The maximum Gasteiger partial charge on any atom is 0.0771 e. The van der Waals surface area contributed by atoms with Gasteiger partial charge in [0.05, 0.1) is 5.60 Å². The van der Waals surface area contributed by atoms with Crippen molar-refractivity contribution in [1.82, 2.24) is 5.32 Å². The zero-order valence-electron chi connectivity index (χ0n) is 13.8. The smallest absolute Gasteiger partial charge is 0.0771 e. The third kappa shape index (κ3) is 8.97. The molecule has 1 saturated carbocycles. The van der Waals surface area contributed by atoms with E-state index in [-0.39, 0.29) is 0 Å². The lowest BCUT2D eigenvalue weighted by molar-refractivity contribution is 0.0254. The summed E-state index contributed by atoms with van der Waals surface area (Å²) < 4.78 is 0. The Hall–Kier alpha value is -0.0800. The molecule has 0 atom stereocenters. The second-order valence-electron chi connectivity index (χ2n) is 6.79. The van der Waals surface area contributed by atoms with Gasteiger partial charge in [-0.25, -0.2) is 0 Å². The topological polar surface area (TPSA) is 32.3 Å². The molecule has 0 unspecified atom stereocenters. The number of hydrogen-bond donors (Lipinski definition) is 2. The summed E-state index contributed by atoms with van der Waals surface area (Å²) in [6.45, 7) is 4.16. The zero-order chi connectivity index (χ0) is 14.5. The summed E-state index contributed by atoms with van der Waals surface area (Å²) in [7, 11) is 0. The van der Waals surface area contributed by atoms with Crippen LogP contribution >= 0.6 is 0 Å². The molecular weight excluding hydrogens is 246 g/mol. The predicted octanol–water partition coefficient (Wildman–Crippen LogP) is 4.80. The van der Waals surface area contributed by atoms with Crippen molar-refractivity contribution in [3.63, 3.8) is 0 Å². The van der Waals surface area contributed by atoms with Gasteiger partial charge in [-0.3, -0.25) is 0 Å². The van der Waals surface area contributed by atoms with E-state index in [0.29, 0.717) is 0 Å². The lowest BCUT2D eigenvalue weighted by Gasteiger charge is -2.27. The van der Waals surface area contributed by atoms with Gasteiger partial charge < -0.3 is 10.4 Å². The maximum atomic E-state index is 10.5. The largest absolute Gasteiger partial charge is 0.389 e. The Labute approximate surface area is 126 Å². The first-order valence-electron chi connectivity index (χ1n) is 9.20. The first-order valence-corrected chi connectivity index (χ1v) is 9.20. The molecule has 0 aliphatic heterocycles. The van der Waals surface area contributed by atoms with Crippen molar-refractivity contribution in [2.24, 2.45) is 0 Å². The number of nitrogens with one attached hydrogen (secondary N) is 1. The molecule has 1 aliphatic rings. The number of rotatable bonds is 11. The van der Waals surface area contributed by atoms with E-state index in [9.17, 15) is 5.11 Å². The Morgan fingerprint density at radius 2 is 1.35 bits per heavy atom. The molecular formula is C18H37NO. The first kappa shape index (κ1) is 18.0. The van der Waals surface area contributed by atoms with Crippen LogP contribution in [0, 0.1) is 0 Å². The van der Waals surface area contributed by atoms with Gasteiger partial charge in [-0.1, -0.05) is 77.6 Å². The van der Waals surface area contributed by atoms with Crippen LogP contribution in [-0.2, 0) is 0 Å². The molecule has 20 heavy (non-hydrogen) atoms. The molecule has 1 rings (SSSR count). The lowest BCUT2D eigenvalue weighted by Crippen LogP contribution is -2.40. The predicted molar refractivity (Wildman–Crippen MR) is 88.1 cm³/mol. The van der Waals surface area contributed by atoms with Crippen molar-refractivity contribution in [2.75, 3.05) is 13.1 Å². The Morgan fingerprint density at radius 1 is 0.800 bits per heavy atom. The maximum absolute atomic E-state index is 10.5. The van der Waals surface area contributed by atoms with Crippen molar-refractivity contribution in [3.8, 4) is 0 Å². The average molecular weight is 284 g/mol. The third-order valence-corrected chi connectivity index (χ3v) is 4.70. The molecule has 2 nitrogen and oxygen atoms in total. The van der Waals surface area contributed by atoms with E-state index in [2.05, 4.69) is 12.2 Å². The molecule has 0 heterocycles. The van der Waals surface area contributed by atoms with E-state index in [1.54, 1.807) is 0 Å². The van der Waals surface area contributed by atoms with E-state index >= 15 is 0 Å². The Morgan fingerprint density at radius 3 is 1.95 bits per heavy atom. The van der Waals surface area contributed by atoms with Crippen molar-refractivity contribution in [3.05, 3.63) is 0 Å². The van der Waals surface area contributed by atoms with Crippen LogP contribution in [0.1, 0.15) is 96.8 Å². The summed E-state index contributed by atoms with van der Waals surface area (Å²) in [5, 5.41) is 14.0. The lowest BCUT2D eigenvalue weighted by atomic mass is 9.94. The van der Waals surface area contributed by atoms with E-state index in [4.69, 9.17) is 0 Å². The monoisotopic (exact) mass is 283 g/mol. The molecule has 2 heteroatoms. The fraction of sp³-hybridized carbons (Fsp3) is 1.00. The minimum absolute atomic E-state index is 0.406. The van der Waals surface area contributed by atoms with Crippen molar-refractivity contribution < 1.29 is 5.11 Å². The number of aliphatic hydroxyl groups is 1. The van der Waals surface area contributed by atoms with Crippen LogP contribution in [0.25, 0.3) is 0 Å². The Balaban J connectivity index is 1.88. The molecule has 0 bridgehead atoms. The third-order valence-electron chi connectivity index (χ3n) is 4.70. The van der Waals surface area contributed by atoms with E-state index in [1.165, 1.54) is 77.0 Å². The SMILES string of the molecule is CCCCCCCCCCNCC1(O)CCCCCC1. The molecule has 1 aliphatic carbocycles. The second kappa shape index (κ2) is 11.6.